The number of carbonyl (C=O) groups is 2. The van der Waals surface area contributed by atoms with E-state index in [1.54, 1.807) is 22.2 Å². The molecule has 0 radical (unpaired) electrons. The summed E-state index contributed by atoms with van der Waals surface area (Å²) in [7, 11) is 0. The molecule has 2 aromatic rings. The van der Waals surface area contributed by atoms with Crippen LogP contribution >= 0.6 is 24.8 Å². The topological polar surface area (TPSA) is 65.6 Å². The van der Waals surface area contributed by atoms with E-state index >= 15 is 0 Å². The van der Waals surface area contributed by atoms with Crippen molar-refractivity contribution in [3.05, 3.63) is 72.8 Å². The van der Waals surface area contributed by atoms with Crippen molar-refractivity contribution >= 4 is 48.4 Å². The van der Waals surface area contributed by atoms with Crippen molar-refractivity contribution in [1.29, 1.82) is 0 Å². The van der Waals surface area contributed by atoms with Crippen LogP contribution in [0.25, 0.3) is 0 Å². The minimum absolute atomic E-state index is 0. The molecule has 8 nitrogen and oxygen atoms in total. The highest BCUT2D eigenvalue weighted by molar-refractivity contribution is 5.85. The van der Waals surface area contributed by atoms with Crippen LogP contribution in [0.5, 0.6) is 11.5 Å². The maximum atomic E-state index is 13.9. The molecule has 4 aliphatic heterocycles. The molecular formula is C32H38Cl2F2N4O4. The number of rotatable bonds is 13. The number of fused-ring (bicyclic) bond motifs is 8. The summed E-state index contributed by atoms with van der Waals surface area (Å²) >= 11 is 0. The van der Waals surface area contributed by atoms with Gasteiger partial charge in [-0.2, -0.15) is 0 Å². The lowest BCUT2D eigenvalue weighted by Crippen LogP contribution is -2.40. The van der Waals surface area contributed by atoms with Gasteiger partial charge < -0.3 is 19.3 Å². The summed E-state index contributed by atoms with van der Waals surface area (Å²) in [6.45, 7) is 0. The van der Waals surface area contributed by atoms with Crippen molar-refractivity contribution in [2.45, 2.75) is 89.4 Å². The zero-order valence-corrected chi connectivity index (χ0v) is 26.0. The molecule has 0 fully saturated rings. The van der Waals surface area contributed by atoms with Crippen LogP contribution in [-0.4, -0.2) is 34.3 Å². The van der Waals surface area contributed by atoms with E-state index in [9.17, 15) is 18.4 Å². The van der Waals surface area contributed by atoms with Gasteiger partial charge >= 0.3 is 12.2 Å². The lowest BCUT2D eigenvalue weighted by Gasteiger charge is -2.27. The predicted octanol–water partition coefficient (Wildman–Crippen LogP) is 9.05. The van der Waals surface area contributed by atoms with Gasteiger partial charge in [0.05, 0.1) is 11.4 Å². The number of ether oxygens (including phenoxy) is 2. The zero-order chi connectivity index (χ0) is 29.1. The number of benzene rings is 2. The average Bonchev–Trinajstić information content (AvgIpc) is 3.54. The van der Waals surface area contributed by atoms with Crippen LogP contribution in [0.4, 0.5) is 29.7 Å². The molecule has 0 spiro atoms. The fourth-order valence-corrected chi connectivity index (χ4v) is 6.27. The molecule has 4 heterocycles. The number of anilines is 2. The second-order valence-corrected chi connectivity index (χ2v) is 11.3. The molecule has 4 bridgehead atoms. The number of hydrogen-bond acceptors (Lipinski definition) is 6. The molecule has 2 amide bonds. The van der Waals surface area contributed by atoms with Crippen LogP contribution in [0.2, 0.25) is 0 Å². The number of hydrogen-bond donors (Lipinski definition) is 0. The van der Waals surface area contributed by atoms with E-state index in [0.717, 1.165) is 51.4 Å². The fraction of sp³-hybridized carbons (Fsp3) is 0.438. The largest absolute Gasteiger partial charge is 0.421 e. The minimum Gasteiger partial charge on any atom is -0.408 e. The van der Waals surface area contributed by atoms with Crippen LogP contribution < -0.4 is 19.3 Å². The third-order valence-corrected chi connectivity index (χ3v) is 8.45. The Hall–Kier alpha value is -3.50. The van der Waals surface area contributed by atoms with Gasteiger partial charge in [-0.15, -0.1) is 24.8 Å². The Bertz CT molecular complexity index is 1290. The van der Waals surface area contributed by atoms with Crippen molar-refractivity contribution in [3.63, 3.8) is 0 Å². The highest BCUT2D eigenvalue weighted by atomic mass is 35.5. The van der Waals surface area contributed by atoms with Crippen molar-refractivity contribution in [1.82, 2.24) is 9.80 Å². The van der Waals surface area contributed by atoms with E-state index in [1.807, 2.05) is 22.2 Å². The molecule has 12 heteroatoms. The summed E-state index contributed by atoms with van der Waals surface area (Å²) in [5.41, 5.74) is 1.17. The van der Waals surface area contributed by atoms with E-state index in [0.29, 0.717) is 22.9 Å². The summed E-state index contributed by atoms with van der Waals surface area (Å²) in [4.78, 5) is 32.1. The molecule has 2 atom stereocenters. The van der Waals surface area contributed by atoms with Gasteiger partial charge in [-0.3, -0.25) is 9.80 Å². The molecule has 44 heavy (non-hydrogen) atoms. The summed E-state index contributed by atoms with van der Waals surface area (Å²) in [5, 5.41) is 0. The van der Waals surface area contributed by atoms with Crippen molar-refractivity contribution in [2.75, 3.05) is 9.80 Å². The monoisotopic (exact) mass is 650 g/mol. The summed E-state index contributed by atoms with van der Waals surface area (Å²) in [6.07, 6.45) is 18.6. The van der Waals surface area contributed by atoms with E-state index in [4.69, 9.17) is 9.47 Å². The van der Waals surface area contributed by atoms with E-state index in [-0.39, 0.29) is 48.8 Å². The average molecular weight is 652 g/mol. The number of amides is 2. The maximum Gasteiger partial charge on any atom is 0.421 e. The lowest BCUT2D eigenvalue weighted by molar-refractivity contribution is 0.160. The van der Waals surface area contributed by atoms with E-state index < -0.39 is 12.2 Å². The first kappa shape index (κ1) is 33.4. The second-order valence-electron chi connectivity index (χ2n) is 11.3. The zero-order valence-electron chi connectivity index (χ0n) is 24.4. The van der Waals surface area contributed by atoms with Gasteiger partial charge in [-0.1, -0.05) is 51.4 Å². The molecule has 6 rings (SSSR count). The van der Waals surface area contributed by atoms with Gasteiger partial charge in [0.1, 0.15) is 24.0 Å². The third-order valence-electron chi connectivity index (χ3n) is 8.45. The van der Waals surface area contributed by atoms with Crippen LogP contribution in [0.3, 0.4) is 0 Å². The molecule has 0 saturated heterocycles. The Kier molecular flexibility index (Phi) is 11.4. The van der Waals surface area contributed by atoms with Crippen LogP contribution in [-0.2, 0) is 0 Å². The minimum atomic E-state index is -0.430. The summed E-state index contributed by atoms with van der Waals surface area (Å²) in [5.74, 6) is 0.0597. The fourth-order valence-electron chi connectivity index (χ4n) is 6.27. The molecular weight excluding hydrogens is 613 g/mol. The molecule has 2 aromatic carbocycles. The predicted molar refractivity (Wildman–Crippen MR) is 169 cm³/mol. The Morgan fingerprint density at radius 3 is 1.25 bits per heavy atom. The quantitative estimate of drug-likeness (QED) is 0.202. The lowest BCUT2D eigenvalue weighted by atomic mass is 10.0. The molecule has 0 aromatic heterocycles. The first-order chi connectivity index (χ1) is 20.5. The highest BCUT2D eigenvalue weighted by Gasteiger charge is 2.38. The van der Waals surface area contributed by atoms with Crippen LogP contribution in [0.1, 0.15) is 77.0 Å². The van der Waals surface area contributed by atoms with Crippen LogP contribution in [0.15, 0.2) is 61.2 Å². The second kappa shape index (κ2) is 15.0. The van der Waals surface area contributed by atoms with E-state index in [2.05, 4.69) is 0 Å². The number of unbranched alkanes of at least 4 members (excludes halogenated alkanes) is 9. The third kappa shape index (κ3) is 7.07. The van der Waals surface area contributed by atoms with E-state index in [1.165, 1.54) is 62.1 Å². The van der Waals surface area contributed by atoms with Gasteiger partial charge in [0.15, 0.2) is 11.5 Å². The Morgan fingerprint density at radius 1 is 0.523 bits per heavy atom. The Labute approximate surface area is 269 Å². The van der Waals surface area contributed by atoms with Gasteiger partial charge in [0, 0.05) is 36.9 Å². The van der Waals surface area contributed by atoms with Crippen molar-refractivity contribution < 1.29 is 27.8 Å². The van der Waals surface area contributed by atoms with Gasteiger partial charge in [0.2, 0.25) is 0 Å². The number of halogens is 4. The molecule has 0 saturated carbocycles. The maximum absolute atomic E-state index is 13.9. The number of carbonyl (C=O) groups excluding carboxylic acids is 2. The Balaban J connectivity index is 0.00000221. The molecule has 4 aliphatic rings. The van der Waals surface area contributed by atoms with Crippen molar-refractivity contribution in [2.24, 2.45) is 0 Å². The first-order valence-electron chi connectivity index (χ1n) is 15.0. The van der Waals surface area contributed by atoms with Crippen molar-refractivity contribution in [3.8, 4) is 11.5 Å². The molecule has 0 aliphatic carbocycles. The Morgan fingerprint density at radius 2 is 0.864 bits per heavy atom. The molecule has 2 unspecified atom stereocenters. The summed E-state index contributed by atoms with van der Waals surface area (Å²) in [6, 6.07) is 8.45. The SMILES string of the molecule is Cl.Cl.O=C1Oc2ccc(F)cc2N2C=CN1C2CCCCCCCCCCCCC1N2C=CN1c1cc(F)ccc1OC2=O. The summed E-state index contributed by atoms with van der Waals surface area (Å²) < 4.78 is 38.6. The van der Waals surface area contributed by atoms with Gasteiger partial charge in [-0.05, 0) is 49.9 Å². The normalized spacial score (nSPS) is 19.0. The van der Waals surface area contributed by atoms with Gasteiger partial charge in [-0.25, -0.2) is 18.4 Å². The standard InChI is InChI=1S/C32H36F2N4O4.2ClH/c33-23-13-15-27-25(21-23)35-17-19-37(31(39)41-27)29(35)11-9-7-5-3-1-2-4-6-8-10-12-30-36-18-20-38(30)32(40)42-28-16-14-24(34)22-26(28)36;;/h13-22,29-30H,1-12H2;2*1H. The van der Waals surface area contributed by atoms with Gasteiger partial charge in [0.25, 0.3) is 0 Å². The highest BCUT2D eigenvalue weighted by Crippen LogP contribution is 2.40. The van der Waals surface area contributed by atoms with Crippen LogP contribution in [0, 0.1) is 11.6 Å². The first-order valence-corrected chi connectivity index (χ1v) is 15.0. The smallest absolute Gasteiger partial charge is 0.408 e. The molecule has 238 valence electrons. The number of nitrogens with zero attached hydrogens (tertiary/aromatic N) is 4. The molecule has 0 N–H and O–H groups in total.